The van der Waals surface area contributed by atoms with E-state index in [9.17, 15) is 19.5 Å². The van der Waals surface area contributed by atoms with Gasteiger partial charge in [0.05, 0.1) is 28.1 Å². The van der Waals surface area contributed by atoms with Gasteiger partial charge in [-0.15, -0.1) is 0 Å². The summed E-state index contributed by atoms with van der Waals surface area (Å²) >= 11 is 12.0. The Bertz CT molecular complexity index is 972. The maximum absolute atomic E-state index is 12.4. The Morgan fingerprint density at radius 1 is 0.971 bits per heavy atom. The predicted molar refractivity (Wildman–Crippen MR) is 127 cm³/mol. The summed E-state index contributed by atoms with van der Waals surface area (Å²) in [6.07, 6.45) is -2.71. The Balaban J connectivity index is 2.03. The molecule has 2 rings (SSSR count). The van der Waals surface area contributed by atoms with E-state index in [0.717, 1.165) is 5.56 Å². The maximum Gasteiger partial charge on any atom is 0.407 e. The van der Waals surface area contributed by atoms with Crippen molar-refractivity contribution < 1.29 is 33.7 Å². The Kier molecular flexibility index (Phi) is 10.2. The molecular weight excluding hydrogens is 485 g/mol. The average Bonchev–Trinajstić information content (AvgIpc) is 2.75. The van der Waals surface area contributed by atoms with Crippen molar-refractivity contribution in [2.24, 2.45) is 0 Å². The number of amides is 1. The summed E-state index contributed by atoms with van der Waals surface area (Å²) in [7, 11) is 0. The van der Waals surface area contributed by atoms with Crippen LogP contribution in [0, 0.1) is 0 Å². The fourth-order valence-electron chi connectivity index (χ4n) is 2.80. The van der Waals surface area contributed by atoms with Crippen molar-refractivity contribution in [1.82, 2.24) is 5.32 Å². The molecule has 2 unspecified atom stereocenters. The number of benzene rings is 2. The summed E-state index contributed by atoms with van der Waals surface area (Å²) in [5.74, 6) is -1.53. The van der Waals surface area contributed by atoms with Gasteiger partial charge in [0.25, 0.3) is 0 Å². The van der Waals surface area contributed by atoms with Crippen LogP contribution in [0.2, 0.25) is 10.0 Å². The summed E-state index contributed by atoms with van der Waals surface area (Å²) in [4.78, 5) is 37.0. The molecule has 0 heterocycles. The lowest BCUT2D eigenvalue weighted by atomic mass is 10.1. The van der Waals surface area contributed by atoms with Gasteiger partial charge < -0.3 is 24.6 Å². The zero-order valence-electron chi connectivity index (χ0n) is 19.0. The molecule has 2 N–H and O–H groups in total. The van der Waals surface area contributed by atoms with E-state index in [2.05, 4.69) is 5.32 Å². The number of aliphatic hydroxyl groups is 1. The largest absolute Gasteiger partial charge is 0.460 e. The fraction of sp³-hybridized carbons (Fsp3) is 0.375. The first-order valence-corrected chi connectivity index (χ1v) is 11.2. The van der Waals surface area contributed by atoms with Crippen molar-refractivity contribution in [1.29, 1.82) is 0 Å². The molecule has 2 aromatic carbocycles. The van der Waals surface area contributed by atoms with Crippen LogP contribution >= 0.6 is 23.2 Å². The van der Waals surface area contributed by atoms with Gasteiger partial charge in [0, 0.05) is 0 Å². The van der Waals surface area contributed by atoms with Gasteiger partial charge in [-0.3, -0.25) is 4.79 Å². The molecule has 8 nitrogen and oxygen atoms in total. The lowest BCUT2D eigenvalue weighted by molar-refractivity contribution is -0.156. The highest BCUT2D eigenvalue weighted by Gasteiger charge is 2.29. The van der Waals surface area contributed by atoms with Crippen LogP contribution in [0.4, 0.5) is 4.79 Å². The fourth-order valence-corrected chi connectivity index (χ4v) is 3.36. The molecule has 34 heavy (non-hydrogen) atoms. The number of carbonyl (C=O) groups is 3. The summed E-state index contributed by atoms with van der Waals surface area (Å²) in [5, 5.41) is 13.2. The SMILES string of the molecule is CC(C)(C)OC(=O)CC(NC(=O)OCc1ccccc1)C(O)COC(=O)c1c(Cl)cccc1Cl. The highest BCUT2D eigenvalue weighted by Crippen LogP contribution is 2.25. The first-order chi connectivity index (χ1) is 16.0. The number of alkyl carbamates (subject to hydrolysis) is 1. The molecule has 0 aliphatic carbocycles. The standard InChI is InChI=1S/C24H27Cl2NO7/c1-24(2,3)34-20(29)12-18(27-23(31)33-13-15-8-5-4-6-9-15)19(28)14-32-22(30)21-16(25)10-7-11-17(21)26/h4-11,18-19,28H,12-14H2,1-3H3,(H,27,31). The molecule has 0 aromatic heterocycles. The zero-order chi connectivity index (χ0) is 25.3. The zero-order valence-corrected chi connectivity index (χ0v) is 20.6. The molecule has 1 amide bonds. The van der Waals surface area contributed by atoms with Crippen LogP contribution in [0.5, 0.6) is 0 Å². The molecule has 0 aliphatic heterocycles. The Hall–Kier alpha value is -2.81. The summed E-state index contributed by atoms with van der Waals surface area (Å²) in [5.41, 5.74) is -0.0716. The molecule has 0 bridgehead atoms. The van der Waals surface area contributed by atoms with Crippen LogP contribution in [0.1, 0.15) is 43.1 Å². The van der Waals surface area contributed by atoms with Crippen molar-refractivity contribution in [3.8, 4) is 0 Å². The number of aliphatic hydroxyl groups excluding tert-OH is 1. The van der Waals surface area contributed by atoms with Crippen molar-refractivity contribution in [2.45, 2.75) is 51.5 Å². The van der Waals surface area contributed by atoms with E-state index in [-0.39, 0.29) is 28.6 Å². The van der Waals surface area contributed by atoms with Crippen LogP contribution in [-0.4, -0.2) is 47.5 Å². The van der Waals surface area contributed by atoms with Crippen molar-refractivity contribution in [3.05, 3.63) is 69.7 Å². The van der Waals surface area contributed by atoms with E-state index in [1.54, 1.807) is 51.1 Å². The Morgan fingerprint density at radius 2 is 1.59 bits per heavy atom. The van der Waals surface area contributed by atoms with Gasteiger partial charge >= 0.3 is 18.0 Å². The second-order valence-electron chi connectivity index (χ2n) is 8.37. The first-order valence-electron chi connectivity index (χ1n) is 10.4. The minimum absolute atomic E-state index is 0.0120. The van der Waals surface area contributed by atoms with Gasteiger partial charge in [-0.1, -0.05) is 59.6 Å². The molecule has 184 valence electrons. The summed E-state index contributed by atoms with van der Waals surface area (Å²) < 4.78 is 15.6. The van der Waals surface area contributed by atoms with E-state index in [4.69, 9.17) is 37.4 Å². The van der Waals surface area contributed by atoms with Gasteiger partial charge in [-0.05, 0) is 38.5 Å². The van der Waals surface area contributed by atoms with Crippen LogP contribution in [0.3, 0.4) is 0 Å². The molecular formula is C24H27Cl2NO7. The lowest BCUT2D eigenvalue weighted by Gasteiger charge is -2.25. The average molecular weight is 512 g/mol. The van der Waals surface area contributed by atoms with Crippen molar-refractivity contribution in [3.63, 3.8) is 0 Å². The second kappa shape index (κ2) is 12.6. The van der Waals surface area contributed by atoms with E-state index >= 15 is 0 Å². The Morgan fingerprint density at radius 3 is 2.18 bits per heavy atom. The number of ether oxygens (including phenoxy) is 3. The van der Waals surface area contributed by atoms with Crippen molar-refractivity contribution in [2.75, 3.05) is 6.61 Å². The second-order valence-corrected chi connectivity index (χ2v) is 9.18. The highest BCUT2D eigenvalue weighted by molar-refractivity contribution is 6.39. The molecule has 2 aromatic rings. The number of hydrogen-bond acceptors (Lipinski definition) is 7. The number of hydrogen-bond donors (Lipinski definition) is 2. The molecule has 0 spiro atoms. The van der Waals surface area contributed by atoms with Crippen LogP contribution in [0.15, 0.2) is 48.5 Å². The first kappa shape index (κ1) is 27.4. The van der Waals surface area contributed by atoms with Gasteiger partial charge in [0.2, 0.25) is 0 Å². The molecule has 0 saturated carbocycles. The number of carbonyl (C=O) groups excluding carboxylic acids is 3. The molecule has 0 saturated heterocycles. The van der Waals surface area contributed by atoms with E-state index in [0.29, 0.717) is 0 Å². The molecule has 0 aliphatic rings. The number of halogens is 2. The predicted octanol–water partition coefficient (Wildman–Crippen LogP) is 4.54. The lowest BCUT2D eigenvalue weighted by Crippen LogP contribution is -2.47. The van der Waals surface area contributed by atoms with Crippen LogP contribution < -0.4 is 5.32 Å². The molecule has 0 fully saturated rings. The molecule has 10 heteroatoms. The monoisotopic (exact) mass is 511 g/mol. The third-order valence-electron chi connectivity index (χ3n) is 4.34. The summed E-state index contributed by atoms with van der Waals surface area (Å²) in [6, 6.07) is 12.3. The number of rotatable bonds is 9. The molecule has 2 atom stereocenters. The smallest absolute Gasteiger partial charge is 0.407 e. The number of esters is 2. The minimum Gasteiger partial charge on any atom is -0.460 e. The quantitative estimate of drug-likeness (QED) is 0.375. The normalized spacial score (nSPS) is 12.9. The van der Waals surface area contributed by atoms with Gasteiger partial charge in [0.1, 0.15) is 24.9 Å². The van der Waals surface area contributed by atoms with E-state index in [1.807, 2.05) is 6.07 Å². The van der Waals surface area contributed by atoms with Gasteiger partial charge in [-0.2, -0.15) is 0 Å². The molecule has 0 radical (unpaired) electrons. The topological polar surface area (TPSA) is 111 Å². The van der Waals surface area contributed by atoms with E-state index in [1.165, 1.54) is 12.1 Å². The van der Waals surface area contributed by atoms with Crippen molar-refractivity contribution >= 4 is 41.2 Å². The van der Waals surface area contributed by atoms with Crippen LogP contribution in [-0.2, 0) is 25.6 Å². The third kappa shape index (κ3) is 9.21. The minimum atomic E-state index is -1.46. The van der Waals surface area contributed by atoms with E-state index < -0.39 is 42.4 Å². The third-order valence-corrected chi connectivity index (χ3v) is 4.97. The summed E-state index contributed by atoms with van der Waals surface area (Å²) in [6.45, 7) is 4.50. The number of nitrogens with one attached hydrogen (secondary N) is 1. The van der Waals surface area contributed by atoms with Gasteiger partial charge in [0.15, 0.2) is 0 Å². The van der Waals surface area contributed by atoms with Gasteiger partial charge in [-0.25, -0.2) is 9.59 Å². The maximum atomic E-state index is 12.4. The van der Waals surface area contributed by atoms with Crippen LogP contribution in [0.25, 0.3) is 0 Å². The highest BCUT2D eigenvalue weighted by atomic mass is 35.5. The Labute approximate surface area is 208 Å².